The van der Waals surface area contributed by atoms with Gasteiger partial charge >= 0.3 is 0 Å². The molecule has 1 aliphatic rings. The number of rotatable bonds is 3. The fourth-order valence-electron chi connectivity index (χ4n) is 2.26. The zero-order valence-corrected chi connectivity index (χ0v) is 11.9. The number of aromatic nitrogens is 4. The van der Waals surface area contributed by atoms with Gasteiger partial charge in [-0.1, -0.05) is 11.6 Å². The van der Waals surface area contributed by atoms with Gasteiger partial charge in [-0.25, -0.2) is 4.68 Å². The summed E-state index contributed by atoms with van der Waals surface area (Å²) >= 11 is 5.82. The van der Waals surface area contributed by atoms with E-state index in [1.54, 1.807) is 19.4 Å². The van der Waals surface area contributed by atoms with Gasteiger partial charge in [0.2, 0.25) is 0 Å². The molecule has 2 aromatic rings. The van der Waals surface area contributed by atoms with Crippen LogP contribution < -0.4 is 4.74 Å². The van der Waals surface area contributed by atoms with Crippen molar-refractivity contribution in [2.45, 2.75) is 25.5 Å². The zero-order valence-electron chi connectivity index (χ0n) is 11.1. The van der Waals surface area contributed by atoms with Gasteiger partial charge in [-0.15, -0.1) is 10.2 Å². The third kappa shape index (κ3) is 2.62. The summed E-state index contributed by atoms with van der Waals surface area (Å²) in [7, 11) is 1.57. The number of methoxy groups -OCH3 is 1. The molecule has 1 atom stereocenters. The van der Waals surface area contributed by atoms with Gasteiger partial charge in [0.05, 0.1) is 13.3 Å². The minimum absolute atomic E-state index is 0.00348. The molecule has 1 saturated heterocycles. The molecule has 0 spiro atoms. The van der Waals surface area contributed by atoms with Crippen LogP contribution in [0.3, 0.4) is 0 Å². The van der Waals surface area contributed by atoms with Crippen LogP contribution in [-0.4, -0.2) is 33.7 Å². The first-order chi connectivity index (χ1) is 9.78. The van der Waals surface area contributed by atoms with Gasteiger partial charge in [0.15, 0.2) is 5.15 Å². The molecule has 6 nitrogen and oxygen atoms in total. The summed E-state index contributed by atoms with van der Waals surface area (Å²) in [5.74, 6) is 0.578. The van der Waals surface area contributed by atoms with Gasteiger partial charge < -0.3 is 9.47 Å². The molecule has 106 valence electrons. The summed E-state index contributed by atoms with van der Waals surface area (Å²) in [6.07, 6.45) is 6.88. The van der Waals surface area contributed by atoms with Gasteiger partial charge in [0.25, 0.3) is 0 Å². The van der Waals surface area contributed by atoms with E-state index < -0.39 is 0 Å². The largest absolute Gasteiger partial charge is 0.494 e. The van der Waals surface area contributed by atoms with E-state index in [2.05, 4.69) is 15.3 Å². The molecule has 0 N–H and O–H groups in total. The number of halogens is 1. The average molecular weight is 295 g/mol. The molecule has 1 unspecified atom stereocenters. The van der Waals surface area contributed by atoms with E-state index >= 15 is 0 Å². The molecule has 0 aliphatic carbocycles. The Hall–Kier alpha value is -1.66. The summed E-state index contributed by atoms with van der Waals surface area (Å²) in [4.78, 5) is 0. The first-order valence-electron chi connectivity index (χ1n) is 6.51. The molecule has 1 aliphatic heterocycles. The van der Waals surface area contributed by atoms with Gasteiger partial charge in [0, 0.05) is 24.4 Å². The van der Waals surface area contributed by atoms with Crippen molar-refractivity contribution in [1.29, 1.82) is 0 Å². The van der Waals surface area contributed by atoms with Crippen molar-refractivity contribution < 1.29 is 9.47 Å². The van der Waals surface area contributed by atoms with Crippen LogP contribution in [0, 0.1) is 0 Å². The van der Waals surface area contributed by atoms with Crippen molar-refractivity contribution in [1.82, 2.24) is 20.0 Å². The highest BCUT2D eigenvalue weighted by atomic mass is 35.5. The Bertz CT molecular complexity index is 596. The van der Waals surface area contributed by atoms with Gasteiger partial charge in [-0.05, 0) is 19.3 Å². The Balaban J connectivity index is 1.89. The quantitative estimate of drug-likeness (QED) is 0.871. The van der Waals surface area contributed by atoms with Crippen LogP contribution in [0.4, 0.5) is 0 Å². The molecular formula is C13H15ClN4O2. The van der Waals surface area contributed by atoms with E-state index in [-0.39, 0.29) is 6.23 Å². The van der Waals surface area contributed by atoms with Crippen molar-refractivity contribution in [2.24, 2.45) is 0 Å². The second-order valence-electron chi connectivity index (χ2n) is 4.61. The number of hydrogen-bond acceptors (Lipinski definition) is 5. The average Bonchev–Trinajstić information content (AvgIpc) is 2.97. The predicted molar refractivity (Wildman–Crippen MR) is 73.7 cm³/mol. The molecule has 20 heavy (non-hydrogen) atoms. The van der Waals surface area contributed by atoms with Crippen molar-refractivity contribution in [3.8, 4) is 17.0 Å². The normalized spacial score (nSPS) is 19.0. The highest BCUT2D eigenvalue weighted by molar-refractivity contribution is 6.29. The molecule has 1 fully saturated rings. The lowest BCUT2D eigenvalue weighted by Gasteiger charge is -2.22. The molecule has 0 amide bonds. The summed E-state index contributed by atoms with van der Waals surface area (Å²) in [6.45, 7) is 0.782. The van der Waals surface area contributed by atoms with Crippen LogP contribution in [0.1, 0.15) is 25.5 Å². The maximum Gasteiger partial charge on any atom is 0.155 e. The third-order valence-electron chi connectivity index (χ3n) is 3.27. The highest BCUT2D eigenvalue weighted by Crippen LogP contribution is 2.30. The van der Waals surface area contributed by atoms with Crippen molar-refractivity contribution in [2.75, 3.05) is 13.7 Å². The van der Waals surface area contributed by atoms with E-state index in [0.29, 0.717) is 16.6 Å². The maximum atomic E-state index is 5.82. The molecule has 3 heterocycles. The zero-order chi connectivity index (χ0) is 13.9. The number of ether oxygens (including phenoxy) is 2. The molecule has 0 radical (unpaired) electrons. The Morgan fingerprint density at radius 1 is 1.40 bits per heavy atom. The summed E-state index contributed by atoms with van der Waals surface area (Å²) < 4.78 is 12.8. The molecule has 3 rings (SSSR count). The van der Waals surface area contributed by atoms with Crippen LogP contribution in [0.25, 0.3) is 11.3 Å². The molecule has 0 saturated carbocycles. The fraction of sp³-hybridized carbons (Fsp3) is 0.462. The number of nitrogens with zero attached hydrogens (tertiary/aromatic N) is 4. The molecular weight excluding hydrogens is 280 g/mol. The first-order valence-corrected chi connectivity index (χ1v) is 6.89. The molecule has 2 aromatic heterocycles. The number of hydrogen-bond donors (Lipinski definition) is 0. The molecule has 7 heteroatoms. The van der Waals surface area contributed by atoms with Crippen LogP contribution in [0.5, 0.6) is 5.75 Å². The van der Waals surface area contributed by atoms with Gasteiger partial charge in [-0.2, -0.15) is 5.10 Å². The third-order valence-corrected chi connectivity index (χ3v) is 3.46. The monoisotopic (exact) mass is 294 g/mol. The predicted octanol–water partition coefficient (Wildman–Crippen LogP) is 2.70. The van der Waals surface area contributed by atoms with E-state index in [1.807, 2.05) is 10.9 Å². The van der Waals surface area contributed by atoms with Crippen molar-refractivity contribution in [3.05, 3.63) is 23.6 Å². The minimum Gasteiger partial charge on any atom is -0.494 e. The lowest BCUT2D eigenvalue weighted by Crippen LogP contribution is -2.18. The highest BCUT2D eigenvalue weighted by Gasteiger charge is 2.18. The first kappa shape index (κ1) is 13.3. The van der Waals surface area contributed by atoms with E-state index in [0.717, 1.165) is 31.4 Å². The summed E-state index contributed by atoms with van der Waals surface area (Å²) in [6, 6.07) is 1.64. The Kier molecular flexibility index (Phi) is 3.84. The Morgan fingerprint density at radius 2 is 2.30 bits per heavy atom. The van der Waals surface area contributed by atoms with Crippen LogP contribution >= 0.6 is 11.6 Å². The smallest absolute Gasteiger partial charge is 0.155 e. The topological polar surface area (TPSA) is 62.1 Å². The Morgan fingerprint density at radius 3 is 3.05 bits per heavy atom. The summed E-state index contributed by atoms with van der Waals surface area (Å²) in [5.41, 5.74) is 1.46. The molecule has 0 bridgehead atoms. The van der Waals surface area contributed by atoms with Gasteiger partial charge in [0.1, 0.15) is 17.7 Å². The van der Waals surface area contributed by atoms with E-state index in [4.69, 9.17) is 21.1 Å². The van der Waals surface area contributed by atoms with Crippen LogP contribution in [-0.2, 0) is 4.74 Å². The van der Waals surface area contributed by atoms with Crippen molar-refractivity contribution in [3.63, 3.8) is 0 Å². The lowest BCUT2D eigenvalue weighted by atomic mass is 10.2. The molecule has 0 aromatic carbocycles. The summed E-state index contributed by atoms with van der Waals surface area (Å²) in [5, 5.41) is 12.6. The van der Waals surface area contributed by atoms with Gasteiger partial charge in [-0.3, -0.25) is 0 Å². The minimum atomic E-state index is 0.00348. The van der Waals surface area contributed by atoms with E-state index in [9.17, 15) is 0 Å². The Labute approximate surface area is 121 Å². The second-order valence-corrected chi connectivity index (χ2v) is 5.00. The fourth-order valence-corrected chi connectivity index (χ4v) is 2.40. The van der Waals surface area contributed by atoms with E-state index in [1.165, 1.54) is 0 Å². The van der Waals surface area contributed by atoms with Crippen LogP contribution in [0.2, 0.25) is 5.15 Å². The second kappa shape index (κ2) is 5.76. The van der Waals surface area contributed by atoms with Crippen molar-refractivity contribution >= 4 is 11.6 Å². The van der Waals surface area contributed by atoms with Crippen LogP contribution in [0.15, 0.2) is 18.5 Å². The lowest BCUT2D eigenvalue weighted by molar-refractivity contribution is -0.0394. The maximum absolute atomic E-state index is 5.82. The SMILES string of the molecule is COc1cc(Cl)nnc1-c1cnn(C2CCCCO2)c1. The standard InChI is InChI=1S/C13H15ClN4O2/c1-19-10-6-11(14)16-17-13(10)9-7-15-18(8-9)12-4-2-3-5-20-12/h6-8,12H,2-5H2,1H3.